The van der Waals surface area contributed by atoms with Crippen molar-refractivity contribution in [3.63, 3.8) is 0 Å². The summed E-state index contributed by atoms with van der Waals surface area (Å²) in [5, 5.41) is 0. The second kappa shape index (κ2) is 12.8. The summed E-state index contributed by atoms with van der Waals surface area (Å²) in [7, 11) is 1.57. The van der Waals surface area contributed by atoms with Crippen LogP contribution in [0.15, 0.2) is 90.7 Å². The average molecular weight is 716 g/mol. The van der Waals surface area contributed by atoms with Crippen LogP contribution in [-0.2, 0) is 16.1 Å². The van der Waals surface area contributed by atoms with Gasteiger partial charge in [-0.25, -0.2) is 14.2 Å². The summed E-state index contributed by atoms with van der Waals surface area (Å²) >= 11 is 8.28. The molecule has 0 saturated carbocycles. The van der Waals surface area contributed by atoms with Gasteiger partial charge in [-0.15, -0.1) is 0 Å². The van der Waals surface area contributed by atoms with Gasteiger partial charge in [0.25, 0.3) is 5.56 Å². The lowest BCUT2D eigenvalue weighted by atomic mass is 9.96. The molecule has 1 aliphatic heterocycles. The fourth-order valence-corrected chi connectivity index (χ4v) is 6.72. The first-order chi connectivity index (χ1) is 20.2. The molecule has 5 rings (SSSR count). The Morgan fingerprint density at radius 2 is 1.83 bits per heavy atom. The minimum absolute atomic E-state index is 0.0762. The number of thiazole rings is 1. The van der Waals surface area contributed by atoms with Crippen LogP contribution in [0.5, 0.6) is 11.5 Å². The second-order valence-corrected chi connectivity index (χ2v) is 12.0. The fraction of sp³-hybridized carbons (Fsp3) is 0.194. The van der Waals surface area contributed by atoms with Crippen LogP contribution in [0.1, 0.15) is 36.6 Å². The van der Waals surface area contributed by atoms with Gasteiger partial charge in [0.1, 0.15) is 23.9 Å². The number of fused-ring (bicyclic) bond motifs is 1. The number of allylic oxidation sites excluding steroid dienone is 1. The maximum atomic E-state index is 14.0. The van der Waals surface area contributed by atoms with E-state index in [-0.39, 0.29) is 24.6 Å². The first-order valence-corrected chi connectivity index (χ1v) is 15.3. The third-order valence-electron chi connectivity index (χ3n) is 6.60. The van der Waals surface area contributed by atoms with Crippen LogP contribution in [0.2, 0.25) is 0 Å². The molecule has 1 aliphatic rings. The summed E-state index contributed by atoms with van der Waals surface area (Å²) in [5.74, 6) is 0.301. The number of hydrogen-bond donors (Lipinski definition) is 0. The third-order valence-corrected chi connectivity index (χ3v) is 8.83. The Bertz CT molecular complexity index is 1900. The zero-order valence-corrected chi connectivity index (χ0v) is 26.8. The normalized spacial score (nSPS) is 14.8. The number of carbonyl (C=O) groups excluding carboxylic acids is 1. The maximum absolute atomic E-state index is 14.0. The molecule has 11 heteroatoms. The highest BCUT2D eigenvalue weighted by Gasteiger charge is 2.33. The number of methoxy groups -OCH3 is 1. The van der Waals surface area contributed by atoms with Gasteiger partial charge in [0, 0.05) is 5.56 Å². The van der Waals surface area contributed by atoms with E-state index in [4.69, 9.17) is 14.2 Å². The number of carbonyl (C=O) groups is 1. The third kappa shape index (κ3) is 5.99. The predicted octanol–water partition coefficient (Wildman–Crippen LogP) is 6.05. The smallest absolute Gasteiger partial charge is 0.338 e. The molecule has 0 fully saturated rings. The predicted molar refractivity (Wildman–Crippen MR) is 166 cm³/mol. The molecule has 4 aromatic rings. The van der Waals surface area contributed by atoms with Crippen molar-refractivity contribution < 1.29 is 23.4 Å². The minimum Gasteiger partial charge on any atom is -0.496 e. The average Bonchev–Trinajstić information content (AvgIpc) is 3.26. The van der Waals surface area contributed by atoms with E-state index in [9.17, 15) is 14.0 Å². The van der Waals surface area contributed by atoms with Crippen molar-refractivity contribution in [2.75, 3.05) is 13.7 Å². The Kier molecular flexibility index (Phi) is 9.10. The number of nitrogens with zero attached hydrogens (tertiary/aromatic N) is 2. The highest BCUT2D eigenvalue weighted by atomic mass is 79.9. The van der Waals surface area contributed by atoms with Crippen molar-refractivity contribution in [3.8, 4) is 11.5 Å². The van der Waals surface area contributed by atoms with Crippen LogP contribution in [0.3, 0.4) is 0 Å². The summed E-state index contributed by atoms with van der Waals surface area (Å²) in [6.45, 7) is 3.74. The van der Waals surface area contributed by atoms with E-state index in [1.807, 2.05) is 24.3 Å². The minimum atomic E-state index is -0.745. The molecule has 1 aromatic heterocycles. The van der Waals surface area contributed by atoms with Crippen LogP contribution in [0.25, 0.3) is 6.08 Å². The van der Waals surface area contributed by atoms with Crippen molar-refractivity contribution in [1.29, 1.82) is 0 Å². The number of hydrogen-bond acceptors (Lipinski definition) is 7. The number of aromatic nitrogens is 1. The summed E-state index contributed by atoms with van der Waals surface area (Å²) in [4.78, 5) is 32.1. The molecule has 0 spiro atoms. The van der Waals surface area contributed by atoms with E-state index in [1.165, 1.54) is 22.0 Å². The Morgan fingerprint density at radius 3 is 2.52 bits per heavy atom. The first-order valence-electron chi connectivity index (χ1n) is 12.9. The molecule has 0 aliphatic carbocycles. The Hall–Kier alpha value is -3.54. The van der Waals surface area contributed by atoms with E-state index >= 15 is 0 Å². The lowest BCUT2D eigenvalue weighted by molar-refractivity contribution is -0.139. The van der Waals surface area contributed by atoms with Crippen LogP contribution in [0, 0.1) is 5.82 Å². The van der Waals surface area contributed by atoms with Gasteiger partial charge >= 0.3 is 5.97 Å². The number of esters is 1. The van der Waals surface area contributed by atoms with Gasteiger partial charge in [-0.2, -0.15) is 0 Å². The van der Waals surface area contributed by atoms with Gasteiger partial charge in [-0.1, -0.05) is 41.7 Å². The van der Waals surface area contributed by atoms with Gasteiger partial charge in [-0.3, -0.25) is 9.36 Å². The van der Waals surface area contributed by atoms with E-state index in [2.05, 4.69) is 36.9 Å². The summed E-state index contributed by atoms with van der Waals surface area (Å²) in [5.41, 5.74) is 2.39. The molecule has 3 aromatic carbocycles. The summed E-state index contributed by atoms with van der Waals surface area (Å²) in [6, 6.07) is 16.5. The van der Waals surface area contributed by atoms with Crippen molar-refractivity contribution in [1.82, 2.24) is 4.57 Å². The quantitative estimate of drug-likeness (QED) is 0.208. The molecule has 0 radical (unpaired) electrons. The Morgan fingerprint density at radius 1 is 1.10 bits per heavy atom. The molecule has 42 heavy (non-hydrogen) atoms. The van der Waals surface area contributed by atoms with E-state index in [0.29, 0.717) is 52.2 Å². The van der Waals surface area contributed by atoms with Gasteiger partial charge < -0.3 is 14.2 Å². The molecule has 2 heterocycles. The second-order valence-electron chi connectivity index (χ2n) is 9.27. The summed E-state index contributed by atoms with van der Waals surface area (Å²) in [6.07, 6.45) is 1.76. The van der Waals surface area contributed by atoms with Crippen molar-refractivity contribution in [2.24, 2.45) is 4.99 Å². The van der Waals surface area contributed by atoms with Crippen LogP contribution < -0.4 is 24.4 Å². The SMILES string of the molecule is CCOC(=O)C1=C(C)N=c2s/c(=C/c3ccc(OCc4ccccc4F)c(Br)c3)c(=O)n2[C@H]1c1ccc(OC)c(Br)c1. The molecule has 1 atom stereocenters. The Balaban J connectivity index is 1.55. The highest BCUT2D eigenvalue weighted by molar-refractivity contribution is 9.10. The summed E-state index contributed by atoms with van der Waals surface area (Å²) < 4.78 is 33.8. The van der Waals surface area contributed by atoms with E-state index in [1.54, 1.807) is 57.4 Å². The molecule has 216 valence electrons. The zero-order valence-electron chi connectivity index (χ0n) is 22.8. The standard InChI is InChI=1S/C31H25Br2FN2O5S/c1-4-40-30(38)27-17(2)35-31-36(28(27)19-10-12-24(39-3)22(33)15-19)29(37)26(42-31)14-18-9-11-25(21(32)13-18)41-16-20-7-5-6-8-23(20)34/h5-15,28H,4,16H2,1-3H3/b26-14+/t28-/m0/s1. The number of rotatable bonds is 8. The zero-order chi connectivity index (χ0) is 30.0. The molecule has 0 bridgehead atoms. The first kappa shape index (κ1) is 29.9. The topological polar surface area (TPSA) is 79.1 Å². The largest absolute Gasteiger partial charge is 0.496 e. The number of halogens is 3. The van der Waals surface area contributed by atoms with Crippen molar-refractivity contribution in [3.05, 3.63) is 123 Å². The Labute approximate surface area is 261 Å². The van der Waals surface area contributed by atoms with Crippen LogP contribution in [0.4, 0.5) is 4.39 Å². The molecular weight excluding hydrogens is 691 g/mol. The van der Waals surface area contributed by atoms with Gasteiger partial charge in [-0.05, 0) is 93.2 Å². The lowest BCUT2D eigenvalue weighted by Crippen LogP contribution is -2.39. The molecule has 7 nitrogen and oxygen atoms in total. The van der Waals surface area contributed by atoms with Gasteiger partial charge in [0.2, 0.25) is 0 Å². The lowest BCUT2D eigenvalue weighted by Gasteiger charge is -2.25. The molecule has 0 saturated heterocycles. The van der Waals surface area contributed by atoms with Crippen molar-refractivity contribution in [2.45, 2.75) is 26.5 Å². The molecular formula is C31H25Br2FN2O5S. The van der Waals surface area contributed by atoms with Crippen LogP contribution >= 0.6 is 43.2 Å². The molecule has 0 unspecified atom stereocenters. The van der Waals surface area contributed by atoms with Gasteiger partial charge in [0.05, 0.1) is 44.5 Å². The van der Waals surface area contributed by atoms with Gasteiger partial charge in [0.15, 0.2) is 4.80 Å². The van der Waals surface area contributed by atoms with E-state index < -0.39 is 12.0 Å². The van der Waals surface area contributed by atoms with Crippen molar-refractivity contribution >= 4 is 55.2 Å². The molecule has 0 N–H and O–H groups in total. The number of benzene rings is 3. The fourth-order valence-electron chi connectivity index (χ4n) is 4.61. The maximum Gasteiger partial charge on any atom is 0.338 e. The number of ether oxygens (including phenoxy) is 3. The monoisotopic (exact) mass is 714 g/mol. The van der Waals surface area contributed by atoms with E-state index in [0.717, 1.165) is 5.56 Å². The molecule has 0 amide bonds. The van der Waals surface area contributed by atoms with Crippen LogP contribution in [-0.4, -0.2) is 24.3 Å². The highest BCUT2D eigenvalue weighted by Crippen LogP contribution is 2.35.